The molecule has 0 fully saturated rings. The molecule has 1 heterocycles. The highest BCUT2D eigenvalue weighted by molar-refractivity contribution is 5.72. The molecule has 0 atom stereocenters. The fraction of sp³-hybridized carbons (Fsp3) is 0.360. The molecule has 0 aliphatic carbocycles. The standard InChI is InChI=1S/C21H27NO.C2H6.C2H2/c1-6-16(3)15-19-12-8-9-14-22(19)17(4)21-18(7-2)11-10-13-20(21)23-5;2*1-2/h6,10-13,15H,1,4,7-9,14H2,2-3,5H3;1-2H3;1-2H/b16-15-;;. The quantitative estimate of drug-likeness (QED) is 0.415. The minimum absolute atomic E-state index is 0.892. The zero-order chi connectivity index (χ0) is 20.8. The molecule has 0 unspecified atom stereocenters. The Hall–Kier alpha value is -2.66. The van der Waals surface area contributed by atoms with Crippen LogP contribution in [0.15, 0.2) is 60.9 Å². The molecule has 1 aliphatic rings. The first-order valence-corrected chi connectivity index (χ1v) is 9.59. The maximum absolute atomic E-state index is 5.60. The van der Waals surface area contributed by atoms with Crippen molar-refractivity contribution < 1.29 is 4.74 Å². The average molecular weight is 366 g/mol. The summed E-state index contributed by atoms with van der Waals surface area (Å²) in [6.07, 6.45) is 17.5. The summed E-state index contributed by atoms with van der Waals surface area (Å²) in [7, 11) is 1.72. The van der Waals surface area contributed by atoms with E-state index in [9.17, 15) is 0 Å². The van der Waals surface area contributed by atoms with Gasteiger partial charge in [0.1, 0.15) is 5.75 Å². The summed E-state index contributed by atoms with van der Waals surface area (Å²) >= 11 is 0. The molecule has 0 aromatic heterocycles. The molecule has 1 aliphatic heterocycles. The van der Waals surface area contributed by atoms with Gasteiger partial charge in [-0.2, -0.15) is 0 Å². The van der Waals surface area contributed by atoms with E-state index in [0.717, 1.165) is 48.4 Å². The van der Waals surface area contributed by atoms with Crippen LogP contribution in [0.4, 0.5) is 0 Å². The van der Waals surface area contributed by atoms with Crippen LogP contribution in [0.1, 0.15) is 51.7 Å². The molecule has 27 heavy (non-hydrogen) atoms. The first kappa shape index (κ1) is 24.3. The molecular formula is C25H35NO. The maximum atomic E-state index is 5.60. The summed E-state index contributed by atoms with van der Waals surface area (Å²) in [5, 5.41) is 0. The summed E-state index contributed by atoms with van der Waals surface area (Å²) in [6, 6.07) is 6.21. The van der Waals surface area contributed by atoms with E-state index in [1.165, 1.54) is 11.3 Å². The van der Waals surface area contributed by atoms with Crippen LogP contribution < -0.4 is 4.74 Å². The van der Waals surface area contributed by atoms with Crippen molar-refractivity contribution >= 4 is 5.70 Å². The van der Waals surface area contributed by atoms with Crippen molar-refractivity contribution in [3.63, 3.8) is 0 Å². The molecule has 2 rings (SSSR count). The Labute approximate surface area is 166 Å². The second-order valence-corrected chi connectivity index (χ2v) is 5.81. The van der Waals surface area contributed by atoms with E-state index in [4.69, 9.17) is 4.74 Å². The van der Waals surface area contributed by atoms with Gasteiger partial charge < -0.3 is 9.64 Å². The average Bonchev–Trinajstić information content (AvgIpc) is 2.75. The number of hydrogen-bond acceptors (Lipinski definition) is 2. The van der Waals surface area contributed by atoms with Gasteiger partial charge in [-0.25, -0.2) is 0 Å². The number of ether oxygens (including phenoxy) is 1. The maximum Gasteiger partial charge on any atom is 0.128 e. The van der Waals surface area contributed by atoms with Crippen LogP contribution in [0.25, 0.3) is 5.70 Å². The van der Waals surface area contributed by atoms with E-state index in [0.29, 0.717) is 0 Å². The summed E-state index contributed by atoms with van der Waals surface area (Å²) in [6.45, 7) is 17.5. The third kappa shape index (κ3) is 6.53. The van der Waals surface area contributed by atoms with Crippen molar-refractivity contribution in [1.82, 2.24) is 4.90 Å². The van der Waals surface area contributed by atoms with Gasteiger partial charge in [-0.1, -0.05) is 58.2 Å². The van der Waals surface area contributed by atoms with Gasteiger partial charge in [0, 0.05) is 23.5 Å². The van der Waals surface area contributed by atoms with Gasteiger partial charge in [-0.15, -0.1) is 12.8 Å². The van der Waals surface area contributed by atoms with Gasteiger partial charge in [-0.3, -0.25) is 0 Å². The lowest BCUT2D eigenvalue weighted by Crippen LogP contribution is -2.25. The van der Waals surface area contributed by atoms with Gasteiger partial charge in [0.2, 0.25) is 0 Å². The normalized spacial score (nSPS) is 13.2. The number of benzene rings is 1. The van der Waals surface area contributed by atoms with Crippen molar-refractivity contribution in [3.05, 3.63) is 72.0 Å². The van der Waals surface area contributed by atoms with E-state index < -0.39 is 0 Å². The monoisotopic (exact) mass is 365 g/mol. The lowest BCUT2D eigenvalue weighted by molar-refractivity contribution is 0.407. The second-order valence-electron chi connectivity index (χ2n) is 5.81. The van der Waals surface area contributed by atoms with E-state index in [1.54, 1.807) is 7.11 Å². The van der Waals surface area contributed by atoms with Gasteiger partial charge in [0.15, 0.2) is 0 Å². The Morgan fingerprint density at radius 2 is 1.96 bits per heavy atom. The molecule has 2 nitrogen and oxygen atoms in total. The summed E-state index contributed by atoms with van der Waals surface area (Å²) < 4.78 is 5.60. The van der Waals surface area contributed by atoms with Crippen molar-refractivity contribution in [3.8, 4) is 18.6 Å². The number of aryl methyl sites for hydroxylation is 1. The van der Waals surface area contributed by atoms with Crippen LogP contribution in [0.2, 0.25) is 0 Å². The van der Waals surface area contributed by atoms with Gasteiger partial charge in [0.05, 0.1) is 7.11 Å². The lowest BCUT2D eigenvalue weighted by atomic mass is 9.99. The molecule has 0 N–H and O–H groups in total. The van der Waals surface area contributed by atoms with Crippen LogP contribution in [0.3, 0.4) is 0 Å². The molecule has 0 amide bonds. The molecule has 2 heteroatoms. The predicted octanol–water partition coefficient (Wildman–Crippen LogP) is 6.62. The minimum atomic E-state index is 0.892. The summed E-state index contributed by atoms with van der Waals surface area (Å²) in [5.74, 6) is 0.892. The van der Waals surface area contributed by atoms with Crippen LogP contribution >= 0.6 is 0 Å². The molecule has 0 radical (unpaired) electrons. The third-order valence-corrected chi connectivity index (χ3v) is 4.28. The first-order valence-electron chi connectivity index (χ1n) is 9.59. The number of terminal acetylenes is 1. The molecular weight excluding hydrogens is 330 g/mol. The van der Waals surface area contributed by atoms with Crippen molar-refractivity contribution in [1.29, 1.82) is 0 Å². The first-order chi connectivity index (χ1) is 13.1. The number of allylic oxidation sites excluding steroid dienone is 4. The zero-order valence-electron chi connectivity index (χ0n) is 17.7. The van der Waals surface area contributed by atoms with E-state index in [2.05, 4.69) is 63.0 Å². The highest BCUT2D eigenvalue weighted by Crippen LogP contribution is 2.35. The molecule has 0 saturated heterocycles. The highest BCUT2D eigenvalue weighted by Gasteiger charge is 2.20. The van der Waals surface area contributed by atoms with E-state index >= 15 is 0 Å². The van der Waals surface area contributed by atoms with E-state index in [1.807, 2.05) is 32.1 Å². The summed E-state index contributed by atoms with van der Waals surface area (Å²) in [4.78, 5) is 2.30. The molecule has 0 spiro atoms. The third-order valence-electron chi connectivity index (χ3n) is 4.28. The molecule has 0 saturated carbocycles. The summed E-state index contributed by atoms with van der Waals surface area (Å²) in [5.41, 5.74) is 5.76. The number of rotatable bonds is 6. The lowest BCUT2D eigenvalue weighted by Gasteiger charge is -2.32. The molecule has 1 aromatic carbocycles. The van der Waals surface area contributed by atoms with Crippen molar-refractivity contribution in [2.45, 2.75) is 47.0 Å². The Morgan fingerprint density at radius 3 is 2.52 bits per heavy atom. The van der Waals surface area contributed by atoms with Gasteiger partial charge >= 0.3 is 0 Å². The number of methoxy groups -OCH3 is 1. The molecule has 1 aromatic rings. The molecule has 0 bridgehead atoms. The Balaban J connectivity index is 0.00000158. The minimum Gasteiger partial charge on any atom is -0.496 e. The predicted molar refractivity (Wildman–Crippen MR) is 121 cm³/mol. The van der Waals surface area contributed by atoms with Gasteiger partial charge in [-0.05, 0) is 49.5 Å². The topological polar surface area (TPSA) is 12.5 Å². The van der Waals surface area contributed by atoms with Crippen LogP contribution in [-0.4, -0.2) is 18.6 Å². The van der Waals surface area contributed by atoms with Gasteiger partial charge in [0.25, 0.3) is 0 Å². The Morgan fingerprint density at radius 1 is 1.30 bits per heavy atom. The number of nitrogens with zero attached hydrogens (tertiary/aromatic N) is 1. The second kappa shape index (κ2) is 13.5. The molecule has 146 valence electrons. The zero-order valence-corrected chi connectivity index (χ0v) is 17.7. The van der Waals surface area contributed by atoms with Crippen LogP contribution in [0.5, 0.6) is 5.75 Å². The number of hydrogen-bond donors (Lipinski definition) is 0. The fourth-order valence-electron chi connectivity index (χ4n) is 2.96. The van der Waals surface area contributed by atoms with Crippen LogP contribution in [-0.2, 0) is 6.42 Å². The Bertz CT molecular complexity index is 669. The smallest absolute Gasteiger partial charge is 0.128 e. The van der Waals surface area contributed by atoms with Crippen molar-refractivity contribution in [2.24, 2.45) is 0 Å². The van der Waals surface area contributed by atoms with Crippen molar-refractivity contribution in [2.75, 3.05) is 13.7 Å². The van der Waals surface area contributed by atoms with E-state index in [-0.39, 0.29) is 0 Å². The van der Waals surface area contributed by atoms with Crippen LogP contribution in [0, 0.1) is 12.8 Å². The largest absolute Gasteiger partial charge is 0.496 e. The highest BCUT2D eigenvalue weighted by atomic mass is 16.5. The fourth-order valence-corrected chi connectivity index (χ4v) is 2.96. The SMILES string of the molecule is C#C.C=C/C(C)=C\C1=CCCCN1C(=C)c1c(CC)cccc1OC.CC. The Kier molecular flexibility index (Phi) is 12.2.